The van der Waals surface area contributed by atoms with Gasteiger partial charge in [-0.25, -0.2) is 0 Å². The Morgan fingerprint density at radius 3 is 2.82 bits per heavy atom. The number of benzene rings is 1. The van der Waals surface area contributed by atoms with Crippen molar-refractivity contribution in [2.24, 2.45) is 0 Å². The van der Waals surface area contributed by atoms with Crippen LogP contribution in [0.2, 0.25) is 0 Å². The van der Waals surface area contributed by atoms with Crippen molar-refractivity contribution in [2.45, 2.75) is 6.92 Å². The van der Waals surface area contributed by atoms with Crippen LogP contribution in [0.5, 0.6) is 11.5 Å². The van der Waals surface area contributed by atoms with Gasteiger partial charge in [-0.05, 0) is 19.1 Å². The van der Waals surface area contributed by atoms with E-state index in [2.05, 4.69) is 0 Å². The Morgan fingerprint density at radius 1 is 1.55 bits per heavy atom. The molecule has 0 atom stereocenters. The van der Waals surface area contributed by atoms with Gasteiger partial charge in [-0.15, -0.1) is 0 Å². The molecule has 0 saturated carbocycles. The normalized spacial score (nSPS) is 9.55. The number of aromatic hydroxyl groups is 1. The molecule has 0 aliphatic rings. The van der Waals surface area contributed by atoms with Crippen molar-refractivity contribution < 1.29 is 9.84 Å². The van der Waals surface area contributed by atoms with Gasteiger partial charge in [0.1, 0.15) is 11.5 Å². The maximum absolute atomic E-state index is 8.97. The predicted octanol–water partition coefficient (Wildman–Crippen LogP) is 1.37. The third kappa shape index (κ3) is 1.77. The summed E-state index contributed by atoms with van der Waals surface area (Å²) in [7, 11) is 0. The molecule has 1 rings (SSSR count). The number of rotatable bonds is 2. The van der Waals surface area contributed by atoms with Crippen LogP contribution in [0.3, 0.4) is 0 Å². The lowest BCUT2D eigenvalue weighted by Gasteiger charge is -2.05. The molecule has 0 aromatic heterocycles. The molecule has 1 aromatic carbocycles. The molecule has 0 radical (unpaired) electrons. The summed E-state index contributed by atoms with van der Waals surface area (Å²) in [5.41, 5.74) is 5.99. The lowest BCUT2D eigenvalue weighted by molar-refractivity contribution is 0.341. The second kappa shape index (κ2) is 3.14. The number of phenolic OH excluding ortho intramolecular Hbond substituents is 1. The highest BCUT2D eigenvalue weighted by Gasteiger charge is 1.98. The Balaban J connectivity index is 2.90. The van der Waals surface area contributed by atoms with Gasteiger partial charge in [-0.2, -0.15) is 0 Å². The Kier molecular flexibility index (Phi) is 2.21. The summed E-state index contributed by atoms with van der Waals surface area (Å²) in [4.78, 5) is 0. The van der Waals surface area contributed by atoms with Crippen LogP contribution in [0.15, 0.2) is 18.2 Å². The fraction of sp³-hybridized carbons (Fsp3) is 0.250. The Hall–Kier alpha value is -1.38. The summed E-state index contributed by atoms with van der Waals surface area (Å²) in [6.45, 7) is 2.46. The van der Waals surface area contributed by atoms with Gasteiger partial charge in [0.15, 0.2) is 0 Å². The minimum absolute atomic E-state index is 0.158. The number of nitrogen functional groups attached to an aromatic ring is 1. The molecule has 0 fully saturated rings. The summed E-state index contributed by atoms with van der Waals surface area (Å²) in [6, 6.07) is 4.65. The van der Waals surface area contributed by atoms with Crippen LogP contribution in [0, 0.1) is 0 Å². The van der Waals surface area contributed by atoms with E-state index in [4.69, 9.17) is 15.6 Å². The summed E-state index contributed by atoms with van der Waals surface area (Å²) in [5.74, 6) is 0.774. The van der Waals surface area contributed by atoms with E-state index < -0.39 is 0 Å². The highest BCUT2D eigenvalue weighted by atomic mass is 16.5. The maximum atomic E-state index is 8.97. The number of hydrogen-bond acceptors (Lipinski definition) is 3. The first-order valence-electron chi connectivity index (χ1n) is 3.45. The highest BCUT2D eigenvalue weighted by molar-refractivity contribution is 5.55. The van der Waals surface area contributed by atoms with E-state index in [0.29, 0.717) is 18.0 Å². The average molecular weight is 153 g/mol. The van der Waals surface area contributed by atoms with Crippen LogP contribution in [0.1, 0.15) is 6.92 Å². The molecule has 11 heavy (non-hydrogen) atoms. The van der Waals surface area contributed by atoms with Gasteiger partial charge < -0.3 is 15.6 Å². The third-order valence-corrected chi connectivity index (χ3v) is 1.29. The summed E-state index contributed by atoms with van der Waals surface area (Å²) in [6.07, 6.45) is 0. The minimum atomic E-state index is 0.158. The van der Waals surface area contributed by atoms with E-state index in [-0.39, 0.29) is 5.75 Å². The van der Waals surface area contributed by atoms with Crippen LogP contribution in [-0.2, 0) is 0 Å². The Labute approximate surface area is 65.4 Å². The Morgan fingerprint density at radius 2 is 2.27 bits per heavy atom. The standard InChI is InChI=1S/C8H11NO2/c1-2-11-8-4-3-6(10)5-7(8)9/h3-5,10H,2,9H2,1H3. The maximum Gasteiger partial charge on any atom is 0.142 e. The average Bonchev–Trinajstić information content (AvgIpc) is 1.95. The SMILES string of the molecule is CCOc1ccc(O)cc1N. The van der Waals surface area contributed by atoms with Crippen LogP contribution in [0.25, 0.3) is 0 Å². The monoisotopic (exact) mass is 153 g/mol. The van der Waals surface area contributed by atoms with E-state index in [1.54, 1.807) is 12.1 Å². The molecular weight excluding hydrogens is 142 g/mol. The van der Waals surface area contributed by atoms with Crippen molar-refractivity contribution in [3.63, 3.8) is 0 Å². The first-order valence-corrected chi connectivity index (χ1v) is 3.45. The largest absolute Gasteiger partial charge is 0.508 e. The molecule has 60 valence electrons. The number of nitrogens with two attached hydrogens (primary N) is 1. The molecule has 0 unspecified atom stereocenters. The predicted molar refractivity (Wildman–Crippen MR) is 43.7 cm³/mol. The molecule has 1 aromatic rings. The van der Waals surface area contributed by atoms with Crippen molar-refractivity contribution in [3.8, 4) is 11.5 Å². The van der Waals surface area contributed by atoms with Crippen LogP contribution < -0.4 is 10.5 Å². The van der Waals surface area contributed by atoms with Gasteiger partial charge in [-0.3, -0.25) is 0 Å². The Bertz CT molecular complexity index is 248. The van der Waals surface area contributed by atoms with Gasteiger partial charge >= 0.3 is 0 Å². The van der Waals surface area contributed by atoms with Crippen molar-refractivity contribution in [2.75, 3.05) is 12.3 Å². The zero-order chi connectivity index (χ0) is 8.27. The molecule has 0 saturated heterocycles. The van der Waals surface area contributed by atoms with E-state index in [0.717, 1.165) is 0 Å². The van der Waals surface area contributed by atoms with Gasteiger partial charge in [-0.1, -0.05) is 0 Å². The zero-order valence-electron chi connectivity index (χ0n) is 6.37. The minimum Gasteiger partial charge on any atom is -0.508 e. The molecule has 0 aliphatic carbocycles. The first kappa shape index (κ1) is 7.72. The summed E-state index contributed by atoms with van der Waals surface area (Å²) >= 11 is 0. The smallest absolute Gasteiger partial charge is 0.142 e. The topological polar surface area (TPSA) is 55.5 Å². The van der Waals surface area contributed by atoms with Crippen LogP contribution in [-0.4, -0.2) is 11.7 Å². The first-order chi connectivity index (χ1) is 5.24. The number of ether oxygens (including phenoxy) is 1. The van der Waals surface area contributed by atoms with Gasteiger partial charge in [0.05, 0.1) is 12.3 Å². The molecule has 0 heterocycles. The van der Waals surface area contributed by atoms with Crippen LogP contribution in [0.4, 0.5) is 5.69 Å². The van der Waals surface area contributed by atoms with E-state index >= 15 is 0 Å². The third-order valence-electron chi connectivity index (χ3n) is 1.29. The van der Waals surface area contributed by atoms with Crippen molar-refractivity contribution in [3.05, 3.63) is 18.2 Å². The quantitative estimate of drug-likeness (QED) is 0.631. The lowest BCUT2D eigenvalue weighted by Crippen LogP contribution is -1.95. The summed E-state index contributed by atoms with van der Waals surface area (Å²) in [5, 5.41) is 8.97. The van der Waals surface area contributed by atoms with Gasteiger partial charge in [0.25, 0.3) is 0 Å². The van der Waals surface area contributed by atoms with E-state index in [1.807, 2.05) is 6.92 Å². The van der Waals surface area contributed by atoms with E-state index in [9.17, 15) is 0 Å². The van der Waals surface area contributed by atoms with Gasteiger partial charge in [0, 0.05) is 6.07 Å². The summed E-state index contributed by atoms with van der Waals surface area (Å²) < 4.78 is 5.16. The molecule has 0 bridgehead atoms. The number of phenols is 1. The fourth-order valence-corrected chi connectivity index (χ4v) is 0.823. The highest BCUT2D eigenvalue weighted by Crippen LogP contribution is 2.25. The molecule has 3 heteroatoms. The molecule has 0 aliphatic heterocycles. The number of hydrogen-bond donors (Lipinski definition) is 2. The molecule has 3 nitrogen and oxygen atoms in total. The second-order valence-corrected chi connectivity index (χ2v) is 2.16. The van der Waals surface area contributed by atoms with Crippen molar-refractivity contribution in [1.82, 2.24) is 0 Å². The molecule has 0 amide bonds. The van der Waals surface area contributed by atoms with Crippen molar-refractivity contribution >= 4 is 5.69 Å². The van der Waals surface area contributed by atoms with Gasteiger partial charge in [0.2, 0.25) is 0 Å². The van der Waals surface area contributed by atoms with Crippen molar-refractivity contribution in [1.29, 1.82) is 0 Å². The fourth-order valence-electron chi connectivity index (χ4n) is 0.823. The lowest BCUT2D eigenvalue weighted by atomic mass is 10.3. The van der Waals surface area contributed by atoms with E-state index in [1.165, 1.54) is 6.07 Å². The second-order valence-electron chi connectivity index (χ2n) is 2.16. The molecular formula is C8H11NO2. The molecule has 0 spiro atoms. The zero-order valence-corrected chi connectivity index (χ0v) is 6.37. The van der Waals surface area contributed by atoms with Crippen LogP contribution >= 0.6 is 0 Å². The molecule has 3 N–H and O–H groups in total. The number of anilines is 1.